The fraction of sp³-hybridized carbons (Fsp3) is 0.550. The summed E-state index contributed by atoms with van der Waals surface area (Å²) in [5, 5.41) is 4.41. The molecule has 4 rings (SSSR count). The molecule has 2 saturated heterocycles. The lowest BCUT2D eigenvalue weighted by Crippen LogP contribution is -2.55. The van der Waals surface area contributed by atoms with Crippen molar-refractivity contribution in [1.82, 2.24) is 14.8 Å². The molecule has 24 heavy (non-hydrogen) atoms. The van der Waals surface area contributed by atoms with Crippen LogP contribution in [0, 0.1) is 6.92 Å². The number of carbonyl (C=O) groups is 1. The lowest BCUT2D eigenvalue weighted by Gasteiger charge is -2.47. The predicted molar refractivity (Wildman–Crippen MR) is 97.3 cm³/mol. The maximum atomic E-state index is 13.0. The van der Waals surface area contributed by atoms with E-state index in [1.165, 1.54) is 19.3 Å². The van der Waals surface area contributed by atoms with E-state index in [0.29, 0.717) is 18.1 Å². The fourth-order valence-electron chi connectivity index (χ4n) is 4.80. The van der Waals surface area contributed by atoms with Gasteiger partial charge in [0.1, 0.15) is 0 Å². The van der Waals surface area contributed by atoms with Gasteiger partial charge in [0.15, 0.2) is 0 Å². The number of nitrogens with one attached hydrogen (secondary N) is 1. The third-order valence-corrected chi connectivity index (χ3v) is 6.30. The average molecular weight is 325 g/mol. The summed E-state index contributed by atoms with van der Waals surface area (Å²) >= 11 is 0. The maximum Gasteiger partial charge on any atom is 0.253 e. The van der Waals surface area contributed by atoms with Crippen LogP contribution >= 0.6 is 0 Å². The van der Waals surface area contributed by atoms with Gasteiger partial charge in [0, 0.05) is 41.8 Å². The van der Waals surface area contributed by atoms with Gasteiger partial charge in [-0.25, -0.2) is 0 Å². The van der Waals surface area contributed by atoms with Crippen molar-refractivity contribution in [2.75, 3.05) is 7.05 Å². The molecule has 0 aliphatic carbocycles. The summed E-state index contributed by atoms with van der Waals surface area (Å²) in [7, 11) is 4.29. The van der Waals surface area contributed by atoms with E-state index in [-0.39, 0.29) is 5.91 Å². The van der Waals surface area contributed by atoms with Crippen LogP contribution in [-0.2, 0) is 7.05 Å². The Morgan fingerprint density at radius 3 is 2.50 bits per heavy atom. The zero-order valence-corrected chi connectivity index (χ0v) is 14.9. The van der Waals surface area contributed by atoms with Crippen molar-refractivity contribution in [2.45, 2.75) is 57.2 Å². The number of rotatable bonds is 2. The van der Waals surface area contributed by atoms with Crippen molar-refractivity contribution in [3.8, 4) is 0 Å². The number of nitrogens with zero attached hydrogens (tertiary/aromatic N) is 2. The highest BCUT2D eigenvalue weighted by Crippen LogP contribution is 2.33. The first-order chi connectivity index (χ1) is 11.6. The van der Waals surface area contributed by atoms with Gasteiger partial charge in [0.25, 0.3) is 5.91 Å². The molecule has 3 atom stereocenters. The number of hydrogen-bond acceptors (Lipinski definition) is 2. The lowest BCUT2D eigenvalue weighted by molar-refractivity contribution is 0.0463. The summed E-state index contributed by atoms with van der Waals surface area (Å²) in [6.45, 7) is 2.04. The first-order valence-corrected chi connectivity index (χ1v) is 9.13. The van der Waals surface area contributed by atoms with Crippen LogP contribution < -0.4 is 5.32 Å². The van der Waals surface area contributed by atoms with Crippen LogP contribution in [0.4, 0.5) is 0 Å². The SMILES string of the molecule is Cc1c(C(=O)NC2C[C@H]3CCC[C@@H](C2)N3C)c2ccccc2n1C. The molecule has 1 unspecified atom stereocenters. The number of aromatic nitrogens is 1. The van der Waals surface area contributed by atoms with Gasteiger partial charge in [-0.2, -0.15) is 0 Å². The topological polar surface area (TPSA) is 37.3 Å². The molecule has 4 nitrogen and oxygen atoms in total. The zero-order chi connectivity index (χ0) is 16.8. The van der Waals surface area contributed by atoms with Crippen molar-refractivity contribution >= 4 is 16.8 Å². The van der Waals surface area contributed by atoms with Gasteiger partial charge in [0.05, 0.1) is 5.56 Å². The van der Waals surface area contributed by atoms with E-state index in [2.05, 4.69) is 34.0 Å². The second kappa shape index (κ2) is 5.92. The van der Waals surface area contributed by atoms with Crippen molar-refractivity contribution in [2.24, 2.45) is 7.05 Å². The number of fused-ring (bicyclic) bond motifs is 3. The maximum absolute atomic E-state index is 13.0. The first kappa shape index (κ1) is 15.7. The normalized spacial score (nSPS) is 27.4. The minimum absolute atomic E-state index is 0.0944. The van der Waals surface area contributed by atoms with Gasteiger partial charge in [-0.05, 0) is 45.7 Å². The molecule has 2 aliphatic heterocycles. The Bertz CT molecular complexity index is 765. The number of carbonyl (C=O) groups excluding carboxylic acids is 1. The Morgan fingerprint density at radius 1 is 1.12 bits per heavy atom. The van der Waals surface area contributed by atoms with Crippen molar-refractivity contribution in [3.05, 3.63) is 35.5 Å². The number of aryl methyl sites for hydroxylation is 1. The number of piperidine rings is 2. The molecule has 1 N–H and O–H groups in total. The second-order valence-corrected chi connectivity index (χ2v) is 7.58. The van der Waals surface area contributed by atoms with Crippen LogP contribution in [-0.4, -0.2) is 40.5 Å². The lowest BCUT2D eigenvalue weighted by atomic mass is 9.82. The van der Waals surface area contributed by atoms with Gasteiger partial charge >= 0.3 is 0 Å². The molecular formula is C20H27N3O. The number of hydrogen-bond donors (Lipinski definition) is 1. The summed E-state index contributed by atoms with van der Waals surface area (Å²) in [6.07, 6.45) is 6.05. The van der Waals surface area contributed by atoms with Gasteiger partial charge in [-0.1, -0.05) is 24.6 Å². The molecule has 1 amide bonds. The van der Waals surface area contributed by atoms with Crippen molar-refractivity contribution in [3.63, 3.8) is 0 Å². The summed E-state index contributed by atoms with van der Waals surface area (Å²) in [4.78, 5) is 15.6. The zero-order valence-electron chi connectivity index (χ0n) is 14.9. The molecule has 2 bridgehead atoms. The summed E-state index contributed by atoms with van der Waals surface area (Å²) in [5.74, 6) is 0.0944. The number of amides is 1. The fourth-order valence-corrected chi connectivity index (χ4v) is 4.80. The molecular weight excluding hydrogens is 298 g/mol. The predicted octanol–water partition coefficient (Wildman–Crippen LogP) is 3.23. The van der Waals surface area contributed by atoms with E-state index >= 15 is 0 Å². The highest BCUT2D eigenvalue weighted by Gasteiger charge is 2.36. The van der Waals surface area contributed by atoms with Crippen LogP contribution in [0.3, 0.4) is 0 Å². The second-order valence-electron chi connectivity index (χ2n) is 7.58. The Kier molecular flexibility index (Phi) is 3.87. The van der Waals surface area contributed by atoms with Gasteiger partial charge in [-0.15, -0.1) is 0 Å². The van der Waals surface area contributed by atoms with Crippen molar-refractivity contribution in [1.29, 1.82) is 0 Å². The van der Waals surface area contributed by atoms with Gasteiger partial charge in [0.2, 0.25) is 0 Å². The average Bonchev–Trinajstić information content (AvgIpc) is 2.80. The minimum atomic E-state index is 0.0944. The third kappa shape index (κ3) is 2.44. The molecule has 0 saturated carbocycles. The summed E-state index contributed by atoms with van der Waals surface area (Å²) in [5.41, 5.74) is 3.01. The smallest absolute Gasteiger partial charge is 0.253 e. The van der Waals surface area contributed by atoms with Gasteiger partial charge in [-0.3, -0.25) is 4.79 Å². The Hall–Kier alpha value is -1.81. The Balaban J connectivity index is 1.58. The standard InChI is InChI=1S/C20H27N3O/c1-13-19(17-9-4-5-10-18(17)22(13)2)20(24)21-14-11-15-7-6-8-16(12-14)23(15)3/h4-5,9-10,14-16H,6-8,11-12H2,1-3H3,(H,21,24)/t14?,15-,16+. The van der Waals surface area contributed by atoms with Crippen LogP contribution in [0.25, 0.3) is 10.9 Å². The van der Waals surface area contributed by atoms with E-state index in [1.807, 2.05) is 26.1 Å². The third-order valence-electron chi connectivity index (χ3n) is 6.30. The van der Waals surface area contributed by atoms with E-state index in [9.17, 15) is 4.79 Å². The number of benzene rings is 1. The van der Waals surface area contributed by atoms with E-state index in [4.69, 9.17) is 0 Å². The van der Waals surface area contributed by atoms with E-state index in [0.717, 1.165) is 35.0 Å². The number of para-hydroxylation sites is 1. The molecule has 0 radical (unpaired) electrons. The van der Waals surface area contributed by atoms with Gasteiger partial charge < -0.3 is 14.8 Å². The van der Waals surface area contributed by atoms with Crippen LogP contribution in [0.1, 0.15) is 48.2 Å². The van der Waals surface area contributed by atoms with Crippen molar-refractivity contribution < 1.29 is 4.79 Å². The Labute approximate surface area is 143 Å². The van der Waals surface area contributed by atoms with Crippen LogP contribution in [0.5, 0.6) is 0 Å². The quantitative estimate of drug-likeness (QED) is 0.920. The molecule has 4 heteroatoms. The highest BCUT2D eigenvalue weighted by molar-refractivity contribution is 6.08. The monoisotopic (exact) mass is 325 g/mol. The molecule has 128 valence electrons. The van der Waals surface area contributed by atoms with Crippen LogP contribution in [0.15, 0.2) is 24.3 Å². The molecule has 1 aromatic heterocycles. The molecule has 1 aromatic carbocycles. The van der Waals surface area contributed by atoms with E-state index < -0.39 is 0 Å². The first-order valence-electron chi connectivity index (χ1n) is 9.13. The molecule has 2 aliphatic rings. The Morgan fingerprint density at radius 2 is 1.79 bits per heavy atom. The summed E-state index contributed by atoms with van der Waals surface area (Å²) < 4.78 is 2.12. The summed E-state index contributed by atoms with van der Waals surface area (Å²) in [6, 6.07) is 9.76. The van der Waals surface area contributed by atoms with E-state index in [1.54, 1.807) is 0 Å². The molecule has 0 spiro atoms. The minimum Gasteiger partial charge on any atom is -0.349 e. The van der Waals surface area contributed by atoms with Crippen LogP contribution in [0.2, 0.25) is 0 Å². The molecule has 3 heterocycles. The highest BCUT2D eigenvalue weighted by atomic mass is 16.1. The largest absolute Gasteiger partial charge is 0.349 e. The molecule has 2 fully saturated rings. The molecule has 2 aromatic rings.